The molecule has 77 heavy (non-hydrogen) atoms. The van der Waals surface area contributed by atoms with Crippen molar-refractivity contribution in [3.63, 3.8) is 0 Å². The third-order valence-corrected chi connectivity index (χ3v) is 15.3. The van der Waals surface area contributed by atoms with E-state index in [9.17, 15) is 48.2 Å². The summed E-state index contributed by atoms with van der Waals surface area (Å²) in [7, 11) is -5.00. The van der Waals surface area contributed by atoms with Crippen LogP contribution in [0.15, 0.2) is 102 Å². The Labute approximate surface area is 446 Å². The first-order valence-electron chi connectivity index (χ1n) is 25.1. The van der Waals surface area contributed by atoms with Gasteiger partial charge in [-0.25, -0.2) is 9.36 Å². The van der Waals surface area contributed by atoms with E-state index in [0.717, 1.165) is 0 Å². The molecule has 0 radical (unpaired) electrons. The van der Waals surface area contributed by atoms with Gasteiger partial charge in [0.15, 0.2) is 24.0 Å². The highest BCUT2D eigenvalue weighted by Gasteiger charge is 2.72. The third kappa shape index (κ3) is 15.0. The number of hydrogen-bond donors (Lipinski definition) is 6. The van der Waals surface area contributed by atoms with Crippen molar-refractivity contribution < 1.29 is 96.2 Å². The van der Waals surface area contributed by atoms with Crippen LogP contribution in [0.25, 0.3) is 0 Å². The Morgan fingerprint density at radius 1 is 0.857 bits per heavy atom. The molecule has 22 heteroatoms. The number of carboxylic acid groups (broad SMARTS) is 1. The number of aliphatic hydroxyl groups excluding tert-OH is 1. The zero-order valence-corrected chi connectivity index (χ0v) is 45.1. The number of carbonyl (C=O) groups is 7. The summed E-state index contributed by atoms with van der Waals surface area (Å²) in [5.41, 5.74) is -3.88. The number of phosphoric acid groups is 1. The Balaban J connectivity index is 0.000000587. The normalized spacial score (nSPS) is 26.5. The topological polar surface area (TPSA) is 314 Å². The van der Waals surface area contributed by atoms with Crippen LogP contribution in [0.2, 0.25) is 0 Å². The molecule has 0 spiro atoms. The van der Waals surface area contributed by atoms with E-state index in [-0.39, 0.29) is 69.9 Å². The Hall–Kier alpha value is -6.00. The minimum absolute atomic E-state index is 0.0573. The fraction of sp³-hybridized carbons (Fsp3) is 0.509. The molecule has 7 rings (SSSR count). The van der Waals surface area contributed by atoms with Gasteiger partial charge in [0.2, 0.25) is 0 Å². The SMILES string of the molecule is CC(=O)CCO[C@H]1C(=O)[C@]2(C)[C@@H](OCOP(=O)(O)O)CC[C@H]3OC[C@@]3(OC(C)=O)[C@H]2C[C@]2(O)C[C@H](OC(=O)C[C@@H](NC(=O)c3ccccc3)c3ccccc3)C(C)=C1C2(C)C.CCOC(=O)O.O=C(CO)c1ccccc1. The first-order valence-corrected chi connectivity index (χ1v) is 26.6. The molecule has 0 unspecified atom stereocenters. The maximum Gasteiger partial charge on any atom is 0.505 e. The third-order valence-electron chi connectivity index (χ3n) is 14.8. The summed E-state index contributed by atoms with van der Waals surface area (Å²) < 4.78 is 51.2. The van der Waals surface area contributed by atoms with Crippen molar-refractivity contribution in [3.05, 3.63) is 119 Å². The predicted octanol–water partition coefficient (Wildman–Crippen LogP) is 6.41. The molecule has 1 heterocycles. The summed E-state index contributed by atoms with van der Waals surface area (Å²) in [6.45, 7) is 9.66. The molecule has 2 bridgehead atoms. The quantitative estimate of drug-likeness (QED) is 0.0200. The molecule has 1 amide bonds. The van der Waals surface area contributed by atoms with Crippen LogP contribution in [-0.2, 0) is 56.7 Å². The highest BCUT2D eigenvalue weighted by Crippen LogP contribution is 2.63. The second kappa shape index (κ2) is 26.6. The van der Waals surface area contributed by atoms with Crippen molar-refractivity contribution in [1.29, 1.82) is 0 Å². The number of carbonyl (C=O) groups excluding carboxylic acids is 6. The van der Waals surface area contributed by atoms with Crippen molar-refractivity contribution in [2.75, 3.05) is 33.2 Å². The second-order valence-corrected chi connectivity index (χ2v) is 21.3. The fourth-order valence-corrected chi connectivity index (χ4v) is 11.0. The van der Waals surface area contributed by atoms with Gasteiger partial charge in [-0.05, 0) is 75.8 Å². The first-order chi connectivity index (χ1) is 36.2. The van der Waals surface area contributed by atoms with Crippen molar-refractivity contribution >= 4 is 49.2 Å². The molecular formula is C55H70NO20P. The van der Waals surface area contributed by atoms with Gasteiger partial charge in [-0.2, -0.15) is 0 Å². The van der Waals surface area contributed by atoms with Crippen molar-refractivity contribution in [2.24, 2.45) is 16.7 Å². The molecular weight excluding hydrogens is 1030 g/mol. The highest BCUT2D eigenvalue weighted by atomic mass is 31.2. The number of hydrogen-bond acceptors (Lipinski definition) is 17. The Morgan fingerprint density at radius 2 is 1.45 bits per heavy atom. The Morgan fingerprint density at radius 3 is 1.96 bits per heavy atom. The molecule has 1 saturated heterocycles. The summed E-state index contributed by atoms with van der Waals surface area (Å²) in [4.78, 5) is 107. The monoisotopic (exact) mass is 1100 g/mol. The summed E-state index contributed by atoms with van der Waals surface area (Å²) in [6, 6.07) is 25.4. The highest BCUT2D eigenvalue weighted by molar-refractivity contribution is 7.46. The van der Waals surface area contributed by atoms with Gasteiger partial charge >= 0.3 is 25.9 Å². The molecule has 3 aromatic carbocycles. The number of fused-ring (bicyclic) bond motifs is 5. The van der Waals surface area contributed by atoms with Gasteiger partial charge in [0.25, 0.3) is 5.91 Å². The lowest BCUT2D eigenvalue weighted by atomic mass is 9.49. The molecule has 0 aromatic heterocycles. The largest absolute Gasteiger partial charge is 0.505 e. The lowest BCUT2D eigenvalue weighted by Gasteiger charge is -2.62. The second-order valence-electron chi connectivity index (χ2n) is 20.0. The van der Waals surface area contributed by atoms with Crippen LogP contribution < -0.4 is 5.32 Å². The van der Waals surface area contributed by atoms with Crippen LogP contribution in [0, 0.1) is 16.7 Å². The van der Waals surface area contributed by atoms with Crippen LogP contribution in [0.1, 0.15) is 119 Å². The number of ether oxygens (including phenoxy) is 6. The number of nitrogens with one attached hydrogen (secondary N) is 1. The van der Waals surface area contributed by atoms with E-state index in [2.05, 4.69) is 14.6 Å². The molecule has 21 nitrogen and oxygen atoms in total. The van der Waals surface area contributed by atoms with Crippen molar-refractivity contribution in [2.45, 2.75) is 129 Å². The number of aliphatic hydroxyl groups is 2. The van der Waals surface area contributed by atoms with Crippen LogP contribution in [-0.4, -0.2) is 135 Å². The Bertz CT molecular complexity index is 2640. The summed E-state index contributed by atoms with van der Waals surface area (Å²) in [5.74, 6) is -3.83. The van der Waals surface area contributed by atoms with Gasteiger partial charge in [0.05, 0.1) is 49.4 Å². The van der Waals surface area contributed by atoms with Crippen LogP contribution >= 0.6 is 7.82 Å². The smallest absolute Gasteiger partial charge is 0.458 e. The predicted molar refractivity (Wildman–Crippen MR) is 274 cm³/mol. The summed E-state index contributed by atoms with van der Waals surface area (Å²) >= 11 is 0. The molecule has 3 fully saturated rings. The average Bonchev–Trinajstić information content (AvgIpc) is 3.42. The van der Waals surface area contributed by atoms with Gasteiger partial charge in [-0.1, -0.05) is 92.7 Å². The van der Waals surface area contributed by atoms with Gasteiger partial charge in [-0.15, -0.1) is 0 Å². The number of benzene rings is 3. The van der Waals surface area contributed by atoms with E-state index < -0.39 is 109 Å². The zero-order chi connectivity index (χ0) is 56.9. The number of esters is 2. The minimum Gasteiger partial charge on any atom is -0.458 e. The van der Waals surface area contributed by atoms with Crippen LogP contribution in [0.3, 0.4) is 0 Å². The molecule has 1 aliphatic heterocycles. The van der Waals surface area contributed by atoms with E-state index in [1.165, 1.54) is 13.8 Å². The lowest BCUT2D eigenvalue weighted by molar-refractivity contribution is -0.294. The molecule has 6 N–H and O–H groups in total. The van der Waals surface area contributed by atoms with Crippen LogP contribution in [0.5, 0.6) is 0 Å². The average molecular weight is 1100 g/mol. The molecule has 420 valence electrons. The standard InChI is InChI=1S/C44H56NO15P.C8H8O2.C3H6O3/c1-26(46)19-20-55-38-37-27(2)32(59-36(48)21-31(29-13-9-7-10-14-29)45-40(50)30-15-11-8-12-16-30)22-43(51,41(37,4)5)23-33-42(6,39(38)49)34(57-25-58-61(52,53)54)17-18-35-44(33,24-56-35)60-28(3)47;9-6-8(10)7-4-2-1-3-5-7;1-2-6-3(4)5/h7-16,31-35,38,51H,17-25H2,1-6H3,(H,45,50)(H2,52,53,54);1-5,9H,6H2;2H2,1H3,(H,4,5)/t31-,32+,33+,34+,35-,38-,42+,43-,44-;;/m1../s1. The molecule has 2 saturated carbocycles. The lowest BCUT2D eigenvalue weighted by Crippen LogP contribution is -2.72. The summed E-state index contributed by atoms with van der Waals surface area (Å²) in [6.07, 6.45) is -6.08. The van der Waals surface area contributed by atoms with Crippen molar-refractivity contribution in [1.82, 2.24) is 5.32 Å². The maximum absolute atomic E-state index is 15.7. The fourth-order valence-electron chi connectivity index (χ4n) is 10.8. The molecule has 4 aliphatic rings. The van der Waals surface area contributed by atoms with Crippen molar-refractivity contribution in [3.8, 4) is 0 Å². The van der Waals surface area contributed by atoms with E-state index in [1.54, 1.807) is 113 Å². The van der Waals surface area contributed by atoms with E-state index in [0.29, 0.717) is 27.8 Å². The van der Waals surface area contributed by atoms with Gasteiger partial charge in [0, 0.05) is 42.2 Å². The van der Waals surface area contributed by atoms with E-state index in [4.69, 9.17) is 33.9 Å². The summed E-state index contributed by atoms with van der Waals surface area (Å²) in [5, 5.41) is 32.4. The van der Waals surface area contributed by atoms with Gasteiger partial charge in [-0.3, -0.25) is 33.3 Å². The number of amides is 1. The number of rotatable bonds is 18. The first kappa shape index (κ1) is 61.8. The molecule has 3 aromatic rings. The molecule has 3 aliphatic carbocycles. The number of Topliss-reactive ketones (excluding diaryl/α,β-unsaturated/α-hetero) is 3. The minimum atomic E-state index is -5.00. The zero-order valence-electron chi connectivity index (χ0n) is 44.2. The Kier molecular flexibility index (Phi) is 21.3. The maximum atomic E-state index is 15.7. The van der Waals surface area contributed by atoms with Gasteiger partial charge in [0.1, 0.15) is 30.7 Å². The van der Waals surface area contributed by atoms with Gasteiger partial charge < -0.3 is 58.8 Å². The number of phosphoric ester groups is 1. The van der Waals surface area contributed by atoms with E-state index >= 15 is 4.79 Å². The molecule has 9 atom stereocenters. The van der Waals surface area contributed by atoms with Crippen LogP contribution in [0.4, 0.5) is 4.79 Å². The van der Waals surface area contributed by atoms with E-state index in [1.807, 2.05) is 12.1 Å². The number of ketones is 3.